The smallest absolute Gasteiger partial charge is 0.227 e. The van der Waals surface area contributed by atoms with Gasteiger partial charge in [0.1, 0.15) is 5.82 Å². The average Bonchev–Trinajstić information content (AvgIpc) is 3.67. The second-order valence-electron chi connectivity index (χ2n) is 12.8. The van der Waals surface area contributed by atoms with Gasteiger partial charge in [-0.25, -0.2) is 9.97 Å². The highest BCUT2D eigenvalue weighted by Crippen LogP contribution is 2.41. The van der Waals surface area contributed by atoms with E-state index in [0.29, 0.717) is 11.3 Å². The molecule has 0 aliphatic heterocycles. The number of hydrogen-bond acceptors (Lipinski definition) is 5. The van der Waals surface area contributed by atoms with E-state index in [-0.39, 0.29) is 11.8 Å². The normalized spacial score (nSPS) is 11.9. The van der Waals surface area contributed by atoms with Gasteiger partial charge in [0.15, 0.2) is 5.58 Å². The van der Waals surface area contributed by atoms with Gasteiger partial charge in [-0.15, -0.1) is 0 Å². The predicted octanol–water partition coefficient (Wildman–Crippen LogP) is 10.7. The first-order valence-corrected chi connectivity index (χ1v) is 16.2. The van der Waals surface area contributed by atoms with Gasteiger partial charge in [-0.1, -0.05) is 88.4 Å². The number of benzene rings is 3. The van der Waals surface area contributed by atoms with Crippen LogP contribution in [-0.4, -0.2) is 24.5 Å². The largest absolute Gasteiger partial charge is 0.436 e. The summed E-state index contributed by atoms with van der Waals surface area (Å²) in [5.41, 5.74) is 13.1. The van der Waals surface area contributed by atoms with E-state index in [1.165, 1.54) is 22.3 Å². The highest BCUT2D eigenvalue weighted by Gasteiger charge is 2.25. The fourth-order valence-electron chi connectivity index (χ4n) is 6.66. The SMILES string of the molecule is Cc1nccc2nc(-c3cnc4oc5cnc(-c6ccccc6)cc5c4c3)n(-c3c(C(C)C)cc(-c4ccccc4)cc3C(C)C)c12. The van der Waals surface area contributed by atoms with Crippen molar-refractivity contribution < 1.29 is 4.42 Å². The average molecular weight is 614 g/mol. The molecule has 0 atom stereocenters. The van der Waals surface area contributed by atoms with Gasteiger partial charge in [0.2, 0.25) is 5.71 Å². The third kappa shape index (κ3) is 4.88. The van der Waals surface area contributed by atoms with Crippen LogP contribution in [0.4, 0.5) is 0 Å². The molecule has 0 unspecified atom stereocenters. The maximum absolute atomic E-state index is 6.17. The third-order valence-electron chi connectivity index (χ3n) is 9.03. The summed E-state index contributed by atoms with van der Waals surface area (Å²) in [7, 11) is 0. The van der Waals surface area contributed by atoms with Crippen LogP contribution in [0, 0.1) is 6.92 Å². The lowest BCUT2D eigenvalue weighted by atomic mass is 9.88. The van der Waals surface area contributed by atoms with Crippen LogP contribution < -0.4 is 0 Å². The van der Waals surface area contributed by atoms with Crippen LogP contribution in [0.2, 0.25) is 0 Å². The van der Waals surface area contributed by atoms with E-state index in [1.54, 1.807) is 6.20 Å². The van der Waals surface area contributed by atoms with E-state index in [0.717, 1.165) is 55.8 Å². The van der Waals surface area contributed by atoms with E-state index < -0.39 is 0 Å². The molecular formula is C41H35N5O. The van der Waals surface area contributed by atoms with Crippen molar-refractivity contribution in [1.29, 1.82) is 0 Å². The first-order valence-electron chi connectivity index (χ1n) is 16.2. The summed E-state index contributed by atoms with van der Waals surface area (Å²) in [5, 5.41) is 1.90. The van der Waals surface area contributed by atoms with Crippen LogP contribution in [0.3, 0.4) is 0 Å². The minimum absolute atomic E-state index is 0.260. The van der Waals surface area contributed by atoms with E-state index >= 15 is 0 Å². The Morgan fingerprint density at radius 3 is 2.00 bits per heavy atom. The molecule has 0 N–H and O–H groups in total. The molecule has 8 rings (SSSR count). The second kappa shape index (κ2) is 11.3. The first kappa shape index (κ1) is 28.8. The molecule has 0 aliphatic carbocycles. The number of furan rings is 1. The lowest BCUT2D eigenvalue weighted by Gasteiger charge is -2.24. The van der Waals surface area contributed by atoms with Crippen molar-refractivity contribution in [3.05, 3.63) is 126 Å². The van der Waals surface area contributed by atoms with Crippen molar-refractivity contribution in [2.24, 2.45) is 0 Å². The lowest BCUT2D eigenvalue weighted by molar-refractivity contribution is 0.652. The summed E-state index contributed by atoms with van der Waals surface area (Å²) < 4.78 is 8.51. The number of aryl methyl sites for hydroxylation is 1. The summed E-state index contributed by atoms with van der Waals surface area (Å²) >= 11 is 0. The molecule has 0 spiro atoms. The molecule has 0 radical (unpaired) electrons. The molecule has 6 heteroatoms. The number of rotatable bonds is 6. The van der Waals surface area contributed by atoms with Gasteiger partial charge >= 0.3 is 0 Å². The summed E-state index contributed by atoms with van der Waals surface area (Å²) in [6.07, 6.45) is 5.51. The molecule has 5 heterocycles. The van der Waals surface area contributed by atoms with Crippen LogP contribution in [0.15, 0.2) is 114 Å². The number of nitrogens with zero attached hydrogens (tertiary/aromatic N) is 5. The van der Waals surface area contributed by atoms with Gasteiger partial charge in [0.25, 0.3) is 0 Å². The van der Waals surface area contributed by atoms with E-state index in [9.17, 15) is 0 Å². The number of pyridine rings is 3. The van der Waals surface area contributed by atoms with Gasteiger partial charge in [-0.2, -0.15) is 0 Å². The Labute approximate surface area is 273 Å². The summed E-state index contributed by atoms with van der Waals surface area (Å²) in [6, 6.07) is 31.8. The molecule has 230 valence electrons. The van der Waals surface area contributed by atoms with Crippen molar-refractivity contribution in [2.45, 2.75) is 46.5 Å². The third-order valence-corrected chi connectivity index (χ3v) is 9.03. The van der Waals surface area contributed by atoms with Crippen molar-refractivity contribution in [1.82, 2.24) is 24.5 Å². The molecular weight excluding hydrogens is 578 g/mol. The maximum atomic E-state index is 6.17. The highest BCUT2D eigenvalue weighted by atomic mass is 16.3. The summed E-state index contributed by atoms with van der Waals surface area (Å²) in [6.45, 7) is 11.1. The minimum Gasteiger partial charge on any atom is -0.436 e. The number of hydrogen-bond donors (Lipinski definition) is 0. The monoisotopic (exact) mass is 613 g/mol. The van der Waals surface area contributed by atoms with Crippen molar-refractivity contribution >= 4 is 33.1 Å². The van der Waals surface area contributed by atoms with Gasteiger partial charge < -0.3 is 4.42 Å². The van der Waals surface area contributed by atoms with Gasteiger partial charge in [0, 0.05) is 34.3 Å². The van der Waals surface area contributed by atoms with Gasteiger partial charge in [-0.3, -0.25) is 14.5 Å². The van der Waals surface area contributed by atoms with Crippen LogP contribution in [0.1, 0.15) is 56.4 Å². The fourth-order valence-corrected chi connectivity index (χ4v) is 6.66. The van der Waals surface area contributed by atoms with Crippen molar-refractivity contribution in [3.8, 4) is 39.5 Å². The Hall–Kier alpha value is -5.62. The molecule has 0 aliphatic rings. The Morgan fingerprint density at radius 2 is 1.32 bits per heavy atom. The zero-order valence-electron chi connectivity index (χ0n) is 27.2. The summed E-state index contributed by atoms with van der Waals surface area (Å²) in [4.78, 5) is 19.5. The Bertz CT molecular complexity index is 2390. The Kier molecular flexibility index (Phi) is 6.94. The van der Waals surface area contributed by atoms with Crippen molar-refractivity contribution in [3.63, 3.8) is 0 Å². The topological polar surface area (TPSA) is 69.6 Å². The lowest BCUT2D eigenvalue weighted by Crippen LogP contribution is -2.10. The minimum atomic E-state index is 0.260. The number of imidazole rings is 1. The van der Waals surface area contributed by atoms with E-state index in [4.69, 9.17) is 19.4 Å². The fraction of sp³-hybridized carbons (Fsp3) is 0.171. The zero-order valence-corrected chi connectivity index (χ0v) is 27.2. The van der Waals surface area contributed by atoms with Crippen LogP contribution in [-0.2, 0) is 0 Å². The van der Waals surface area contributed by atoms with Gasteiger partial charge in [0.05, 0.1) is 34.3 Å². The van der Waals surface area contributed by atoms with Crippen LogP contribution in [0.5, 0.6) is 0 Å². The zero-order chi connectivity index (χ0) is 32.2. The molecule has 0 fully saturated rings. The van der Waals surface area contributed by atoms with Gasteiger partial charge in [-0.05, 0) is 71.3 Å². The second-order valence-corrected chi connectivity index (χ2v) is 12.8. The molecule has 5 aromatic heterocycles. The predicted molar refractivity (Wildman–Crippen MR) is 191 cm³/mol. The molecule has 0 saturated carbocycles. The quantitative estimate of drug-likeness (QED) is 0.187. The number of fused-ring (bicyclic) bond motifs is 4. The molecule has 47 heavy (non-hydrogen) atoms. The first-order chi connectivity index (χ1) is 22.9. The molecule has 8 aromatic rings. The van der Waals surface area contributed by atoms with Crippen LogP contribution in [0.25, 0.3) is 72.6 Å². The number of aromatic nitrogens is 5. The molecule has 6 nitrogen and oxygen atoms in total. The van der Waals surface area contributed by atoms with E-state index in [1.807, 2.05) is 36.7 Å². The molecule has 0 saturated heterocycles. The summed E-state index contributed by atoms with van der Waals surface area (Å²) in [5.74, 6) is 1.35. The molecule has 0 bridgehead atoms. The Morgan fingerprint density at radius 1 is 0.638 bits per heavy atom. The van der Waals surface area contributed by atoms with E-state index in [2.05, 4.69) is 111 Å². The maximum Gasteiger partial charge on any atom is 0.227 e. The molecule has 3 aromatic carbocycles. The molecule has 0 amide bonds. The van der Waals surface area contributed by atoms with Crippen LogP contribution >= 0.6 is 0 Å². The Balaban J connectivity index is 1.41. The highest BCUT2D eigenvalue weighted by molar-refractivity contribution is 6.05. The van der Waals surface area contributed by atoms with Crippen molar-refractivity contribution in [2.75, 3.05) is 0 Å². The standard InChI is InChI=1S/C41H35N5O/c1-24(2)31-18-29(27-12-8-6-9-13-27)19-32(25(3)4)39(31)46-38-26(5)42-17-16-35(38)45-40(46)30-20-34-33-21-36(28-14-10-7-11-15-28)43-23-37(33)47-41(34)44-22-30/h6-25H,1-5H3.